The molecule has 0 atom stereocenters. The second-order valence-corrected chi connectivity index (χ2v) is 13.3. The van der Waals surface area contributed by atoms with Gasteiger partial charge in [-0.15, -0.1) is 0 Å². The predicted octanol–water partition coefficient (Wildman–Crippen LogP) is 12.2. The summed E-state index contributed by atoms with van der Waals surface area (Å²) < 4.78 is 2.57. The molecule has 0 saturated heterocycles. The standard InChI is InChI=1S/C45H31N/c1-45(2)38-19-10-9-18-34(38)35-25-23-33(27-39(35)45)46-43(31-14-7-4-8-15-31)42(28-12-5-3-6-13-28)37-26-32-21-20-29-16-11-17-30-22-24-36(44(37)46)41(32)40(29)30/h3-27H,1-2H3. The minimum Gasteiger partial charge on any atom is -0.308 e. The summed E-state index contributed by atoms with van der Waals surface area (Å²) in [7, 11) is 0. The van der Waals surface area contributed by atoms with Gasteiger partial charge in [-0.3, -0.25) is 0 Å². The monoisotopic (exact) mass is 585 g/mol. The van der Waals surface area contributed by atoms with Gasteiger partial charge in [0.05, 0.1) is 11.2 Å². The van der Waals surface area contributed by atoms with Crippen molar-refractivity contribution in [3.8, 4) is 39.2 Å². The highest BCUT2D eigenvalue weighted by atomic mass is 15.0. The van der Waals surface area contributed by atoms with Crippen LogP contribution in [0.25, 0.3) is 82.4 Å². The van der Waals surface area contributed by atoms with Gasteiger partial charge < -0.3 is 4.57 Å². The smallest absolute Gasteiger partial charge is 0.0620 e. The maximum Gasteiger partial charge on any atom is 0.0620 e. The van der Waals surface area contributed by atoms with E-state index in [0.29, 0.717) is 0 Å². The zero-order valence-corrected chi connectivity index (χ0v) is 25.9. The van der Waals surface area contributed by atoms with Gasteiger partial charge in [-0.05, 0) is 78.5 Å². The van der Waals surface area contributed by atoms with Gasteiger partial charge in [-0.2, -0.15) is 0 Å². The van der Waals surface area contributed by atoms with Crippen molar-refractivity contribution in [2.75, 3.05) is 0 Å². The molecule has 0 amide bonds. The fraction of sp³-hybridized carbons (Fsp3) is 0.0667. The molecule has 0 radical (unpaired) electrons. The molecule has 0 aliphatic heterocycles. The Morgan fingerprint density at radius 2 is 1.11 bits per heavy atom. The van der Waals surface area contributed by atoms with Crippen LogP contribution < -0.4 is 0 Å². The zero-order chi connectivity index (χ0) is 30.6. The summed E-state index contributed by atoms with van der Waals surface area (Å²) in [5.74, 6) is 0. The first-order valence-electron chi connectivity index (χ1n) is 16.2. The topological polar surface area (TPSA) is 4.93 Å². The highest BCUT2D eigenvalue weighted by Gasteiger charge is 2.36. The second-order valence-electron chi connectivity index (χ2n) is 13.3. The average molecular weight is 586 g/mol. The van der Waals surface area contributed by atoms with Crippen molar-refractivity contribution in [1.29, 1.82) is 0 Å². The molecule has 0 saturated carbocycles. The number of benzene rings is 8. The molecule has 1 aromatic heterocycles. The molecule has 216 valence electrons. The first-order chi connectivity index (χ1) is 22.6. The molecule has 1 aliphatic rings. The van der Waals surface area contributed by atoms with Crippen molar-refractivity contribution in [1.82, 2.24) is 4.57 Å². The Balaban J connectivity index is 1.42. The van der Waals surface area contributed by atoms with Crippen LogP contribution in [-0.2, 0) is 5.41 Å². The maximum atomic E-state index is 2.57. The van der Waals surface area contributed by atoms with E-state index in [1.54, 1.807) is 0 Å². The van der Waals surface area contributed by atoms with E-state index >= 15 is 0 Å². The van der Waals surface area contributed by atoms with E-state index in [0.717, 1.165) is 0 Å². The van der Waals surface area contributed by atoms with Crippen molar-refractivity contribution < 1.29 is 0 Å². The van der Waals surface area contributed by atoms with E-state index in [1.807, 2.05) is 0 Å². The average Bonchev–Trinajstić information content (AvgIpc) is 3.57. The van der Waals surface area contributed by atoms with Crippen molar-refractivity contribution in [3.05, 3.63) is 163 Å². The summed E-state index contributed by atoms with van der Waals surface area (Å²) in [6.07, 6.45) is 0. The summed E-state index contributed by atoms with van der Waals surface area (Å²) in [5.41, 5.74) is 12.8. The fourth-order valence-electron chi connectivity index (χ4n) is 8.43. The molecule has 0 spiro atoms. The quantitative estimate of drug-likeness (QED) is 0.182. The van der Waals surface area contributed by atoms with Gasteiger partial charge in [0.15, 0.2) is 0 Å². The Morgan fingerprint density at radius 3 is 1.89 bits per heavy atom. The second kappa shape index (κ2) is 9.19. The largest absolute Gasteiger partial charge is 0.308 e. The van der Waals surface area contributed by atoms with Crippen molar-refractivity contribution in [2.45, 2.75) is 19.3 Å². The minimum absolute atomic E-state index is 0.0912. The highest BCUT2D eigenvalue weighted by molar-refractivity contribution is 6.30. The van der Waals surface area contributed by atoms with Crippen LogP contribution in [0.15, 0.2) is 152 Å². The van der Waals surface area contributed by atoms with Crippen LogP contribution >= 0.6 is 0 Å². The first kappa shape index (κ1) is 25.6. The Morgan fingerprint density at radius 1 is 0.457 bits per heavy atom. The number of nitrogens with zero attached hydrogens (tertiary/aromatic N) is 1. The summed E-state index contributed by atoms with van der Waals surface area (Å²) in [5, 5.41) is 9.12. The van der Waals surface area contributed by atoms with Crippen LogP contribution in [0.4, 0.5) is 0 Å². The Hall–Kier alpha value is -5.66. The van der Waals surface area contributed by atoms with E-state index in [1.165, 1.54) is 93.5 Å². The third-order valence-electron chi connectivity index (χ3n) is 10.5. The van der Waals surface area contributed by atoms with E-state index in [-0.39, 0.29) is 5.41 Å². The Labute approximate surface area is 268 Å². The SMILES string of the molecule is CC1(C)c2ccccc2-c2ccc(-n3c(-c4ccccc4)c(-c4ccccc4)c4cc5ccc6cccc7ccc(c5c67)c43)cc21. The number of hydrogen-bond donors (Lipinski definition) is 0. The van der Waals surface area contributed by atoms with Crippen molar-refractivity contribution >= 4 is 43.2 Å². The summed E-state index contributed by atoms with van der Waals surface area (Å²) in [4.78, 5) is 0. The molecule has 0 bridgehead atoms. The van der Waals surface area contributed by atoms with Crippen molar-refractivity contribution in [2.24, 2.45) is 0 Å². The molecule has 8 aromatic carbocycles. The number of rotatable bonds is 3. The van der Waals surface area contributed by atoms with Crippen LogP contribution in [0.1, 0.15) is 25.0 Å². The van der Waals surface area contributed by atoms with E-state index in [4.69, 9.17) is 0 Å². The van der Waals surface area contributed by atoms with Gasteiger partial charge in [0.1, 0.15) is 0 Å². The first-order valence-corrected chi connectivity index (χ1v) is 16.2. The fourth-order valence-corrected chi connectivity index (χ4v) is 8.43. The van der Waals surface area contributed by atoms with Crippen molar-refractivity contribution in [3.63, 3.8) is 0 Å². The number of hydrogen-bond acceptors (Lipinski definition) is 0. The third kappa shape index (κ3) is 3.35. The highest BCUT2D eigenvalue weighted by Crippen LogP contribution is 2.51. The predicted molar refractivity (Wildman–Crippen MR) is 195 cm³/mol. The number of aromatic nitrogens is 1. The van der Waals surface area contributed by atoms with E-state index in [2.05, 4.69) is 170 Å². The Kier molecular flexibility index (Phi) is 5.12. The molecule has 10 rings (SSSR count). The molecule has 46 heavy (non-hydrogen) atoms. The van der Waals surface area contributed by atoms with Crippen LogP contribution in [-0.4, -0.2) is 4.57 Å². The van der Waals surface area contributed by atoms with E-state index < -0.39 is 0 Å². The molecule has 1 nitrogen and oxygen atoms in total. The van der Waals surface area contributed by atoms with Crippen LogP contribution in [0.5, 0.6) is 0 Å². The zero-order valence-electron chi connectivity index (χ0n) is 25.9. The van der Waals surface area contributed by atoms with Crippen LogP contribution in [0.2, 0.25) is 0 Å². The lowest BCUT2D eigenvalue weighted by Gasteiger charge is -2.23. The molecule has 0 N–H and O–H groups in total. The molecular weight excluding hydrogens is 555 g/mol. The lowest BCUT2D eigenvalue weighted by molar-refractivity contribution is 0.660. The van der Waals surface area contributed by atoms with Gasteiger partial charge in [-0.1, -0.05) is 147 Å². The maximum absolute atomic E-state index is 2.57. The summed E-state index contributed by atoms with van der Waals surface area (Å²) in [6.45, 7) is 4.74. The Bertz CT molecular complexity index is 2620. The summed E-state index contributed by atoms with van der Waals surface area (Å²) >= 11 is 0. The normalized spacial score (nSPS) is 13.6. The molecule has 0 unspecified atom stereocenters. The molecular formula is C45H31N. The van der Waals surface area contributed by atoms with E-state index in [9.17, 15) is 0 Å². The van der Waals surface area contributed by atoms with Gasteiger partial charge in [-0.25, -0.2) is 0 Å². The summed E-state index contributed by atoms with van der Waals surface area (Å²) in [6, 6.07) is 56.4. The van der Waals surface area contributed by atoms with Gasteiger partial charge in [0.2, 0.25) is 0 Å². The lowest BCUT2D eigenvalue weighted by atomic mass is 9.82. The number of fused-ring (bicyclic) bond motifs is 5. The lowest BCUT2D eigenvalue weighted by Crippen LogP contribution is -2.15. The van der Waals surface area contributed by atoms with Gasteiger partial charge >= 0.3 is 0 Å². The molecule has 1 heterocycles. The molecule has 1 heteroatoms. The molecule has 9 aromatic rings. The van der Waals surface area contributed by atoms with Gasteiger partial charge in [0, 0.05) is 27.4 Å². The van der Waals surface area contributed by atoms with Gasteiger partial charge in [0.25, 0.3) is 0 Å². The van der Waals surface area contributed by atoms with Crippen LogP contribution in [0, 0.1) is 0 Å². The van der Waals surface area contributed by atoms with Crippen LogP contribution in [0.3, 0.4) is 0 Å². The minimum atomic E-state index is -0.0912. The molecule has 1 aliphatic carbocycles. The molecule has 0 fully saturated rings. The third-order valence-corrected chi connectivity index (χ3v) is 10.5.